The normalized spacial score (nSPS) is 10.8. The average molecular weight is 556 g/mol. The Labute approximate surface area is 228 Å². The number of hydrogen-bond donors (Lipinski definition) is 7. The Morgan fingerprint density at radius 3 is 1.76 bits per heavy atom. The summed E-state index contributed by atoms with van der Waals surface area (Å²) in [5.41, 5.74) is -0.549. The van der Waals surface area contributed by atoms with E-state index in [1.165, 1.54) is 24.3 Å². The molecule has 0 fully saturated rings. The van der Waals surface area contributed by atoms with E-state index in [0.29, 0.717) is 5.76 Å². The van der Waals surface area contributed by atoms with Gasteiger partial charge in [0.05, 0.1) is 5.56 Å². The molecule has 2 aromatic heterocycles. The fraction of sp³-hybridized carbons (Fsp3) is 0. The summed E-state index contributed by atoms with van der Waals surface area (Å²) in [6.45, 7) is 0. The van der Waals surface area contributed by atoms with E-state index in [2.05, 4.69) is 0 Å². The van der Waals surface area contributed by atoms with Crippen LogP contribution in [0.25, 0.3) is 44.6 Å². The molecule has 41 heavy (non-hydrogen) atoms. The highest BCUT2D eigenvalue weighted by Gasteiger charge is 2.21. The van der Waals surface area contributed by atoms with E-state index in [4.69, 9.17) is 8.83 Å². The van der Waals surface area contributed by atoms with Gasteiger partial charge in [-0.25, -0.2) is 0 Å². The first-order valence-corrected chi connectivity index (χ1v) is 11.8. The van der Waals surface area contributed by atoms with Crippen molar-refractivity contribution in [3.63, 3.8) is 0 Å². The van der Waals surface area contributed by atoms with Crippen molar-refractivity contribution in [2.45, 2.75) is 0 Å². The summed E-state index contributed by atoms with van der Waals surface area (Å²) in [6, 6.07) is 18.4. The number of aromatic hydroxyl groups is 7. The molecule has 4 aromatic carbocycles. The molecule has 206 valence electrons. The second-order valence-corrected chi connectivity index (χ2v) is 8.83. The van der Waals surface area contributed by atoms with E-state index < -0.39 is 22.7 Å². The van der Waals surface area contributed by atoms with E-state index in [1.54, 1.807) is 0 Å². The molecule has 7 N–H and O–H groups in total. The molecule has 0 aliphatic rings. The van der Waals surface area contributed by atoms with Crippen LogP contribution in [-0.2, 0) is 0 Å². The van der Waals surface area contributed by atoms with E-state index in [9.17, 15) is 45.3 Å². The minimum Gasteiger partial charge on any atom is -0.508 e. The molecular formula is C30H20O11. The Hall–Kier alpha value is -6.10. The summed E-state index contributed by atoms with van der Waals surface area (Å²) in [7, 11) is 0. The van der Waals surface area contributed by atoms with Gasteiger partial charge in [0.15, 0.2) is 11.2 Å². The maximum Gasteiger partial charge on any atom is 0.238 e. The standard InChI is InChI=1S/C15H10O7.C15H10O4/c16-6-1-2-8(9(18)3-6)15-14(21)13(20)12-10(19)4-7(17)5-11(12)22-15;16-10-6-11(17)15-12(18)8-13(19-14(15)7-10)9-4-2-1-3-5-9/h1-5,16-19,21H;1-8,16-17H. The SMILES string of the molecule is O=c1c(O)c(-c2ccc(O)cc2O)oc2cc(O)cc(O)c12.O=c1cc(-c2ccccc2)oc2cc(O)cc(O)c12. The fourth-order valence-corrected chi connectivity index (χ4v) is 4.17. The Morgan fingerprint density at radius 1 is 0.537 bits per heavy atom. The molecular weight excluding hydrogens is 536 g/mol. The minimum absolute atomic E-state index is 0.0304. The zero-order chi connectivity index (χ0) is 29.4. The van der Waals surface area contributed by atoms with Crippen molar-refractivity contribution in [1.82, 2.24) is 0 Å². The zero-order valence-corrected chi connectivity index (χ0v) is 20.8. The predicted molar refractivity (Wildman–Crippen MR) is 147 cm³/mol. The Bertz CT molecular complexity index is 2060. The van der Waals surface area contributed by atoms with E-state index >= 15 is 0 Å². The zero-order valence-electron chi connectivity index (χ0n) is 20.8. The molecule has 6 rings (SSSR count). The molecule has 0 atom stereocenters. The first kappa shape index (κ1) is 26.5. The highest BCUT2D eigenvalue weighted by atomic mass is 16.4. The van der Waals surface area contributed by atoms with Crippen molar-refractivity contribution in [2.24, 2.45) is 0 Å². The molecule has 0 saturated carbocycles. The largest absolute Gasteiger partial charge is 0.508 e. The molecule has 11 heteroatoms. The molecule has 0 saturated heterocycles. The number of hydrogen-bond acceptors (Lipinski definition) is 11. The van der Waals surface area contributed by atoms with Gasteiger partial charge >= 0.3 is 0 Å². The van der Waals surface area contributed by atoms with E-state index in [-0.39, 0.29) is 61.7 Å². The molecule has 6 aromatic rings. The van der Waals surface area contributed by atoms with Crippen LogP contribution in [0, 0.1) is 0 Å². The average Bonchev–Trinajstić information content (AvgIpc) is 2.91. The lowest BCUT2D eigenvalue weighted by Gasteiger charge is -2.09. The van der Waals surface area contributed by atoms with Gasteiger partial charge in [-0.05, 0) is 12.1 Å². The molecule has 0 unspecified atom stereocenters. The maximum atomic E-state index is 12.2. The number of phenols is 6. The molecule has 11 nitrogen and oxygen atoms in total. The van der Waals surface area contributed by atoms with Crippen molar-refractivity contribution in [3.8, 4) is 62.9 Å². The number of rotatable bonds is 2. The monoisotopic (exact) mass is 556 g/mol. The van der Waals surface area contributed by atoms with Gasteiger partial charge in [0.1, 0.15) is 62.2 Å². The van der Waals surface area contributed by atoms with Crippen molar-refractivity contribution in [1.29, 1.82) is 0 Å². The quantitative estimate of drug-likeness (QED) is 0.153. The van der Waals surface area contributed by atoms with Crippen molar-refractivity contribution < 1.29 is 44.6 Å². The summed E-state index contributed by atoms with van der Waals surface area (Å²) in [5, 5.41) is 67.1. The number of phenolic OH excluding ortho intramolecular Hbond substituents is 6. The lowest BCUT2D eigenvalue weighted by Crippen LogP contribution is -2.03. The van der Waals surface area contributed by atoms with Gasteiger partial charge in [0.25, 0.3) is 0 Å². The third-order valence-electron chi connectivity index (χ3n) is 6.01. The first-order valence-electron chi connectivity index (χ1n) is 11.8. The van der Waals surface area contributed by atoms with Crippen LogP contribution in [-0.4, -0.2) is 35.7 Å². The summed E-state index contributed by atoms with van der Waals surface area (Å²) in [4.78, 5) is 24.2. The third kappa shape index (κ3) is 5.02. The minimum atomic E-state index is -0.916. The Morgan fingerprint density at radius 2 is 1.12 bits per heavy atom. The summed E-state index contributed by atoms with van der Waals surface area (Å²) < 4.78 is 10.9. The summed E-state index contributed by atoms with van der Waals surface area (Å²) in [5.74, 6) is -2.71. The van der Waals surface area contributed by atoms with Crippen molar-refractivity contribution in [3.05, 3.63) is 99.3 Å². The topological polar surface area (TPSA) is 202 Å². The molecule has 0 radical (unpaired) electrons. The molecule has 0 aliphatic heterocycles. The number of fused-ring (bicyclic) bond motifs is 2. The lowest BCUT2D eigenvalue weighted by molar-refractivity contribution is 0.433. The fourth-order valence-electron chi connectivity index (χ4n) is 4.17. The Kier molecular flexibility index (Phi) is 6.61. The third-order valence-corrected chi connectivity index (χ3v) is 6.01. The second-order valence-electron chi connectivity index (χ2n) is 8.83. The molecule has 0 bridgehead atoms. The van der Waals surface area contributed by atoms with Crippen LogP contribution < -0.4 is 10.9 Å². The van der Waals surface area contributed by atoms with Gasteiger partial charge < -0.3 is 44.6 Å². The highest BCUT2D eigenvalue weighted by molar-refractivity contribution is 5.89. The summed E-state index contributed by atoms with van der Waals surface area (Å²) >= 11 is 0. The van der Waals surface area contributed by atoms with E-state index in [0.717, 1.165) is 29.8 Å². The van der Waals surface area contributed by atoms with Crippen LogP contribution in [0.2, 0.25) is 0 Å². The highest BCUT2D eigenvalue weighted by Crippen LogP contribution is 2.39. The van der Waals surface area contributed by atoms with Crippen LogP contribution in [0.3, 0.4) is 0 Å². The van der Waals surface area contributed by atoms with Crippen LogP contribution >= 0.6 is 0 Å². The molecule has 0 spiro atoms. The van der Waals surface area contributed by atoms with Gasteiger partial charge in [-0.1, -0.05) is 30.3 Å². The smallest absolute Gasteiger partial charge is 0.238 e. The Balaban J connectivity index is 0.000000166. The van der Waals surface area contributed by atoms with Crippen molar-refractivity contribution in [2.75, 3.05) is 0 Å². The summed E-state index contributed by atoms with van der Waals surface area (Å²) in [6.07, 6.45) is 0. The van der Waals surface area contributed by atoms with E-state index in [1.807, 2.05) is 30.3 Å². The number of benzene rings is 4. The molecule has 0 amide bonds. The predicted octanol–water partition coefficient (Wildman–Crippen LogP) is 4.86. The van der Waals surface area contributed by atoms with Crippen LogP contribution in [0.5, 0.6) is 40.2 Å². The van der Waals surface area contributed by atoms with Crippen LogP contribution in [0.4, 0.5) is 0 Å². The van der Waals surface area contributed by atoms with Gasteiger partial charge in [-0.15, -0.1) is 0 Å². The van der Waals surface area contributed by atoms with Gasteiger partial charge in [0.2, 0.25) is 11.2 Å². The van der Waals surface area contributed by atoms with Gasteiger partial charge in [-0.2, -0.15) is 0 Å². The maximum absolute atomic E-state index is 12.2. The molecule has 2 heterocycles. The van der Waals surface area contributed by atoms with Crippen LogP contribution in [0.1, 0.15) is 0 Å². The van der Waals surface area contributed by atoms with Crippen LogP contribution in [0.15, 0.2) is 97.3 Å². The van der Waals surface area contributed by atoms with Gasteiger partial charge in [-0.3, -0.25) is 9.59 Å². The van der Waals surface area contributed by atoms with Gasteiger partial charge in [0, 0.05) is 42.0 Å². The lowest BCUT2D eigenvalue weighted by atomic mass is 10.1. The second kappa shape index (κ2) is 10.2. The molecule has 0 aliphatic carbocycles. The first-order chi connectivity index (χ1) is 19.5. The van der Waals surface area contributed by atoms with Crippen molar-refractivity contribution >= 4 is 21.9 Å².